The second-order valence-corrected chi connectivity index (χ2v) is 4.60. The summed E-state index contributed by atoms with van der Waals surface area (Å²) in [7, 11) is 0. The topological polar surface area (TPSA) is 75.6 Å². The van der Waals surface area contributed by atoms with E-state index in [1.807, 2.05) is 13.8 Å². The standard InChI is InChI=1S/C12H21NO4/c1-3-4-8(2)11(14)13-7-9-5-6-10(17-9)12(15)16/h8-10H,3-7H2,1-2H3,(H,13,14)(H,15,16). The van der Waals surface area contributed by atoms with Crippen molar-refractivity contribution >= 4 is 11.9 Å². The Morgan fingerprint density at radius 3 is 2.71 bits per heavy atom. The van der Waals surface area contributed by atoms with Gasteiger partial charge < -0.3 is 15.2 Å². The molecular weight excluding hydrogens is 222 g/mol. The minimum Gasteiger partial charge on any atom is -0.479 e. The van der Waals surface area contributed by atoms with Gasteiger partial charge >= 0.3 is 5.97 Å². The van der Waals surface area contributed by atoms with E-state index in [0.29, 0.717) is 19.4 Å². The first-order valence-corrected chi connectivity index (χ1v) is 6.20. The minimum absolute atomic E-state index is 0.0108. The van der Waals surface area contributed by atoms with Crippen LogP contribution in [0, 0.1) is 5.92 Å². The summed E-state index contributed by atoms with van der Waals surface area (Å²) in [5.74, 6) is -0.885. The Morgan fingerprint density at radius 1 is 1.47 bits per heavy atom. The molecule has 5 heteroatoms. The number of ether oxygens (including phenoxy) is 1. The monoisotopic (exact) mass is 243 g/mol. The van der Waals surface area contributed by atoms with Gasteiger partial charge in [0, 0.05) is 12.5 Å². The number of rotatable bonds is 6. The molecule has 3 atom stereocenters. The zero-order valence-corrected chi connectivity index (χ0v) is 10.4. The van der Waals surface area contributed by atoms with Crippen molar-refractivity contribution in [1.29, 1.82) is 0 Å². The van der Waals surface area contributed by atoms with Gasteiger partial charge in [-0.25, -0.2) is 4.79 Å². The smallest absolute Gasteiger partial charge is 0.332 e. The molecule has 1 heterocycles. The van der Waals surface area contributed by atoms with Crippen molar-refractivity contribution in [2.75, 3.05) is 6.54 Å². The molecule has 1 aliphatic heterocycles. The third-order valence-electron chi connectivity index (χ3n) is 3.06. The normalized spacial score (nSPS) is 25.5. The first kappa shape index (κ1) is 14.0. The molecule has 0 aliphatic carbocycles. The number of carbonyl (C=O) groups excluding carboxylic acids is 1. The highest BCUT2D eigenvalue weighted by Crippen LogP contribution is 2.19. The van der Waals surface area contributed by atoms with Crippen LogP contribution in [0.2, 0.25) is 0 Å². The number of hydrogen-bond acceptors (Lipinski definition) is 3. The predicted molar refractivity (Wildman–Crippen MR) is 62.6 cm³/mol. The largest absolute Gasteiger partial charge is 0.479 e. The van der Waals surface area contributed by atoms with E-state index < -0.39 is 12.1 Å². The second kappa shape index (κ2) is 6.59. The lowest BCUT2D eigenvalue weighted by atomic mass is 10.1. The Bertz CT molecular complexity index is 280. The second-order valence-electron chi connectivity index (χ2n) is 4.60. The van der Waals surface area contributed by atoms with Crippen LogP contribution in [0.25, 0.3) is 0 Å². The molecule has 0 aromatic heterocycles. The van der Waals surface area contributed by atoms with Crippen LogP contribution in [-0.4, -0.2) is 35.7 Å². The molecule has 0 spiro atoms. The molecule has 0 bridgehead atoms. The molecule has 1 rings (SSSR count). The van der Waals surface area contributed by atoms with Gasteiger partial charge in [0.05, 0.1) is 6.10 Å². The molecular formula is C12H21NO4. The summed E-state index contributed by atoms with van der Waals surface area (Å²) in [6, 6.07) is 0. The Balaban J connectivity index is 2.23. The summed E-state index contributed by atoms with van der Waals surface area (Å²) >= 11 is 0. The molecule has 1 amide bonds. The van der Waals surface area contributed by atoms with E-state index >= 15 is 0 Å². The van der Waals surface area contributed by atoms with Gasteiger partial charge in [-0.05, 0) is 19.3 Å². The molecule has 17 heavy (non-hydrogen) atoms. The van der Waals surface area contributed by atoms with Crippen LogP contribution >= 0.6 is 0 Å². The summed E-state index contributed by atoms with van der Waals surface area (Å²) in [6.45, 7) is 4.35. The summed E-state index contributed by atoms with van der Waals surface area (Å²) in [6.07, 6.45) is 2.21. The van der Waals surface area contributed by atoms with E-state index in [0.717, 1.165) is 12.8 Å². The Kier molecular flexibility index (Phi) is 5.41. The molecule has 3 unspecified atom stereocenters. The fraction of sp³-hybridized carbons (Fsp3) is 0.833. The van der Waals surface area contributed by atoms with Crippen molar-refractivity contribution in [2.24, 2.45) is 5.92 Å². The van der Waals surface area contributed by atoms with Gasteiger partial charge in [-0.3, -0.25) is 4.79 Å². The maximum atomic E-state index is 11.6. The fourth-order valence-electron chi connectivity index (χ4n) is 1.99. The van der Waals surface area contributed by atoms with Crippen molar-refractivity contribution in [3.05, 3.63) is 0 Å². The van der Waals surface area contributed by atoms with E-state index in [2.05, 4.69) is 5.32 Å². The van der Waals surface area contributed by atoms with Gasteiger partial charge in [0.1, 0.15) is 0 Å². The van der Waals surface area contributed by atoms with Crippen LogP contribution < -0.4 is 5.32 Å². The highest BCUT2D eigenvalue weighted by molar-refractivity contribution is 5.78. The molecule has 1 fully saturated rings. The Labute approximate surface area is 102 Å². The number of carboxylic acid groups (broad SMARTS) is 1. The van der Waals surface area contributed by atoms with E-state index in [1.54, 1.807) is 0 Å². The Hall–Kier alpha value is -1.10. The molecule has 1 saturated heterocycles. The van der Waals surface area contributed by atoms with Crippen LogP contribution in [-0.2, 0) is 14.3 Å². The number of hydrogen-bond donors (Lipinski definition) is 2. The summed E-state index contributed by atoms with van der Waals surface area (Å²) in [5, 5.41) is 11.6. The average Bonchev–Trinajstić information content (AvgIpc) is 2.75. The van der Waals surface area contributed by atoms with E-state index in [4.69, 9.17) is 9.84 Å². The molecule has 0 aromatic rings. The van der Waals surface area contributed by atoms with Gasteiger partial charge in [-0.1, -0.05) is 20.3 Å². The molecule has 98 valence electrons. The maximum Gasteiger partial charge on any atom is 0.332 e. The maximum absolute atomic E-state index is 11.6. The number of aliphatic carboxylic acids is 1. The third kappa shape index (κ3) is 4.34. The van der Waals surface area contributed by atoms with Crippen LogP contribution in [0.3, 0.4) is 0 Å². The van der Waals surface area contributed by atoms with Gasteiger partial charge in [0.2, 0.25) is 5.91 Å². The van der Waals surface area contributed by atoms with E-state index in [9.17, 15) is 9.59 Å². The highest BCUT2D eigenvalue weighted by Gasteiger charge is 2.30. The zero-order valence-electron chi connectivity index (χ0n) is 10.4. The van der Waals surface area contributed by atoms with Crippen molar-refractivity contribution < 1.29 is 19.4 Å². The summed E-state index contributed by atoms with van der Waals surface area (Å²) < 4.78 is 5.30. The average molecular weight is 243 g/mol. The van der Waals surface area contributed by atoms with Crippen LogP contribution in [0.4, 0.5) is 0 Å². The lowest BCUT2D eigenvalue weighted by Gasteiger charge is -2.15. The number of carboxylic acids is 1. The first-order valence-electron chi connectivity index (χ1n) is 6.20. The predicted octanol–water partition coefficient (Wildman–Crippen LogP) is 1.17. The van der Waals surface area contributed by atoms with Crippen LogP contribution in [0.5, 0.6) is 0 Å². The SMILES string of the molecule is CCCC(C)C(=O)NCC1CCC(C(=O)O)O1. The third-order valence-corrected chi connectivity index (χ3v) is 3.06. The Morgan fingerprint density at radius 2 is 2.18 bits per heavy atom. The zero-order chi connectivity index (χ0) is 12.8. The van der Waals surface area contributed by atoms with E-state index in [-0.39, 0.29) is 17.9 Å². The lowest BCUT2D eigenvalue weighted by Crippen LogP contribution is -2.36. The van der Waals surface area contributed by atoms with Crippen LogP contribution in [0.15, 0.2) is 0 Å². The first-order chi connectivity index (χ1) is 8.04. The van der Waals surface area contributed by atoms with Crippen molar-refractivity contribution in [2.45, 2.75) is 51.7 Å². The molecule has 1 aliphatic rings. The van der Waals surface area contributed by atoms with E-state index in [1.165, 1.54) is 0 Å². The molecule has 0 saturated carbocycles. The highest BCUT2D eigenvalue weighted by atomic mass is 16.5. The lowest BCUT2D eigenvalue weighted by molar-refractivity contribution is -0.149. The van der Waals surface area contributed by atoms with Gasteiger partial charge in [-0.15, -0.1) is 0 Å². The molecule has 2 N–H and O–H groups in total. The number of amides is 1. The summed E-state index contributed by atoms with van der Waals surface area (Å²) in [4.78, 5) is 22.3. The minimum atomic E-state index is -0.918. The number of nitrogens with one attached hydrogen (secondary N) is 1. The fourth-order valence-corrected chi connectivity index (χ4v) is 1.99. The van der Waals surface area contributed by atoms with Crippen molar-refractivity contribution in [3.8, 4) is 0 Å². The van der Waals surface area contributed by atoms with Gasteiger partial charge in [0.25, 0.3) is 0 Å². The molecule has 0 radical (unpaired) electrons. The quantitative estimate of drug-likeness (QED) is 0.734. The number of carbonyl (C=O) groups is 2. The summed E-state index contributed by atoms with van der Waals surface area (Å²) in [5.41, 5.74) is 0. The van der Waals surface area contributed by atoms with Gasteiger partial charge in [-0.2, -0.15) is 0 Å². The molecule has 0 aromatic carbocycles. The van der Waals surface area contributed by atoms with Crippen molar-refractivity contribution in [1.82, 2.24) is 5.32 Å². The van der Waals surface area contributed by atoms with Crippen LogP contribution in [0.1, 0.15) is 39.5 Å². The van der Waals surface area contributed by atoms with Crippen molar-refractivity contribution in [3.63, 3.8) is 0 Å². The molecule has 5 nitrogen and oxygen atoms in total. The van der Waals surface area contributed by atoms with Gasteiger partial charge in [0.15, 0.2) is 6.10 Å².